The highest BCUT2D eigenvalue weighted by atomic mass is 35.5. The number of hydrazone groups is 1. The standard InChI is InChI=1S/C20H28ClN5O3/c1-14(2)23-24-18-9-10-19(26-25-18)29-13-20(3,4)22-11-15(27)12-28-17-8-6-5-7-16(17)21/h5-10,15,22,27H,11-13H2,1-4H3,(H,24,25)/t15-/m0/s1. The highest BCUT2D eigenvalue weighted by Crippen LogP contribution is 2.23. The van der Waals surface area contributed by atoms with Crippen molar-refractivity contribution < 1.29 is 14.6 Å². The summed E-state index contributed by atoms with van der Waals surface area (Å²) in [6.45, 7) is 8.52. The second kappa shape index (κ2) is 10.9. The highest BCUT2D eigenvalue weighted by molar-refractivity contribution is 6.32. The van der Waals surface area contributed by atoms with Crippen LogP contribution in [-0.4, -0.2) is 52.4 Å². The van der Waals surface area contributed by atoms with Crippen LogP contribution in [0.3, 0.4) is 0 Å². The Labute approximate surface area is 176 Å². The van der Waals surface area contributed by atoms with Gasteiger partial charge in [0.05, 0.1) is 5.02 Å². The number of halogens is 1. The summed E-state index contributed by atoms with van der Waals surface area (Å²) in [5, 5.41) is 26.0. The van der Waals surface area contributed by atoms with Gasteiger partial charge in [-0.2, -0.15) is 5.10 Å². The summed E-state index contributed by atoms with van der Waals surface area (Å²) in [4.78, 5) is 0. The number of β-amino-alcohol motifs (C(OH)–C–C–N with tert-alkyl or cyclic N) is 1. The molecule has 3 N–H and O–H groups in total. The summed E-state index contributed by atoms with van der Waals surface area (Å²) < 4.78 is 11.3. The van der Waals surface area contributed by atoms with Gasteiger partial charge in [-0.15, -0.1) is 10.2 Å². The number of hydrogen-bond donors (Lipinski definition) is 3. The van der Waals surface area contributed by atoms with Crippen LogP contribution in [0.1, 0.15) is 27.7 Å². The third-order valence-corrected chi connectivity index (χ3v) is 4.01. The molecule has 1 atom stereocenters. The fourth-order valence-corrected chi connectivity index (χ4v) is 2.32. The monoisotopic (exact) mass is 421 g/mol. The lowest BCUT2D eigenvalue weighted by Gasteiger charge is -2.27. The summed E-state index contributed by atoms with van der Waals surface area (Å²) in [7, 11) is 0. The molecule has 0 spiro atoms. The Bertz CT molecular complexity index is 795. The third-order valence-electron chi connectivity index (χ3n) is 3.70. The molecule has 8 nitrogen and oxygen atoms in total. The molecule has 0 fully saturated rings. The van der Waals surface area contributed by atoms with E-state index in [-0.39, 0.29) is 6.61 Å². The summed E-state index contributed by atoms with van der Waals surface area (Å²) in [6.07, 6.45) is -0.696. The molecule has 0 radical (unpaired) electrons. The zero-order valence-corrected chi connectivity index (χ0v) is 17.9. The van der Waals surface area contributed by atoms with Crippen molar-refractivity contribution in [1.29, 1.82) is 0 Å². The summed E-state index contributed by atoms with van der Waals surface area (Å²) in [5.74, 6) is 1.50. The number of aromatic nitrogens is 2. The van der Waals surface area contributed by atoms with Gasteiger partial charge >= 0.3 is 0 Å². The average Bonchev–Trinajstić information content (AvgIpc) is 2.69. The Morgan fingerprint density at radius 3 is 2.59 bits per heavy atom. The van der Waals surface area contributed by atoms with Crippen LogP contribution in [0.25, 0.3) is 0 Å². The SMILES string of the molecule is CC(C)=NNc1ccc(OCC(C)(C)NC[C@H](O)COc2ccccc2Cl)nn1. The summed E-state index contributed by atoms with van der Waals surface area (Å²) in [5.41, 5.74) is 3.30. The Kier molecular flexibility index (Phi) is 8.63. The van der Waals surface area contributed by atoms with E-state index in [9.17, 15) is 5.11 Å². The second-order valence-corrected chi connectivity index (χ2v) is 7.78. The van der Waals surface area contributed by atoms with Gasteiger partial charge in [0.2, 0.25) is 5.88 Å². The lowest BCUT2D eigenvalue weighted by atomic mass is 10.1. The zero-order chi connectivity index (χ0) is 21.3. The molecule has 158 valence electrons. The smallest absolute Gasteiger partial charge is 0.233 e. The Morgan fingerprint density at radius 2 is 1.93 bits per heavy atom. The van der Waals surface area contributed by atoms with E-state index in [0.717, 1.165) is 5.71 Å². The van der Waals surface area contributed by atoms with Crippen molar-refractivity contribution in [2.24, 2.45) is 5.10 Å². The number of rotatable bonds is 11. The van der Waals surface area contributed by atoms with Gasteiger partial charge in [-0.05, 0) is 45.9 Å². The predicted octanol–water partition coefficient (Wildman–Crippen LogP) is 3.12. The molecule has 0 aliphatic carbocycles. The van der Waals surface area contributed by atoms with Crippen LogP contribution < -0.4 is 20.2 Å². The quantitative estimate of drug-likeness (QED) is 0.378. The number of nitrogens with zero attached hydrogens (tertiary/aromatic N) is 3. The first-order valence-corrected chi connectivity index (χ1v) is 9.67. The predicted molar refractivity (Wildman–Crippen MR) is 115 cm³/mol. The van der Waals surface area contributed by atoms with Crippen LogP contribution in [0, 0.1) is 0 Å². The summed E-state index contributed by atoms with van der Waals surface area (Å²) >= 11 is 6.04. The van der Waals surface area contributed by atoms with E-state index in [2.05, 4.69) is 26.0 Å². The molecule has 0 unspecified atom stereocenters. The number of benzene rings is 1. The van der Waals surface area contributed by atoms with Crippen molar-refractivity contribution in [3.63, 3.8) is 0 Å². The molecule has 29 heavy (non-hydrogen) atoms. The van der Waals surface area contributed by atoms with Gasteiger partial charge in [0.15, 0.2) is 5.82 Å². The van der Waals surface area contributed by atoms with Gasteiger partial charge in [0, 0.05) is 23.9 Å². The second-order valence-electron chi connectivity index (χ2n) is 7.38. The lowest BCUT2D eigenvalue weighted by Crippen LogP contribution is -2.48. The Morgan fingerprint density at radius 1 is 1.17 bits per heavy atom. The first-order chi connectivity index (χ1) is 13.7. The number of nitrogens with one attached hydrogen (secondary N) is 2. The average molecular weight is 422 g/mol. The molecule has 0 saturated carbocycles. The van der Waals surface area contributed by atoms with E-state index in [1.165, 1.54) is 0 Å². The van der Waals surface area contributed by atoms with E-state index in [0.29, 0.717) is 35.6 Å². The lowest BCUT2D eigenvalue weighted by molar-refractivity contribution is 0.0923. The number of ether oxygens (including phenoxy) is 2. The van der Waals surface area contributed by atoms with Crippen molar-refractivity contribution >= 4 is 23.1 Å². The fourth-order valence-electron chi connectivity index (χ4n) is 2.13. The van der Waals surface area contributed by atoms with Gasteiger partial charge in [-0.3, -0.25) is 5.43 Å². The number of aliphatic hydroxyl groups excluding tert-OH is 1. The minimum Gasteiger partial charge on any atom is -0.489 e. The van der Waals surface area contributed by atoms with Gasteiger partial charge in [0.25, 0.3) is 0 Å². The molecule has 0 bridgehead atoms. The number of aliphatic hydroxyl groups is 1. The maximum Gasteiger partial charge on any atom is 0.233 e. The normalized spacial score (nSPS) is 12.2. The van der Waals surface area contributed by atoms with Gasteiger partial charge in [-0.1, -0.05) is 23.7 Å². The van der Waals surface area contributed by atoms with Crippen LogP contribution in [0.4, 0.5) is 5.82 Å². The summed E-state index contributed by atoms with van der Waals surface area (Å²) in [6, 6.07) is 10.6. The van der Waals surface area contributed by atoms with Crippen molar-refractivity contribution in [1.82, 2.24) is 15.5 Å². The molecule has 0 aliphatic rings. The van der Waals surface area contributed by atoms with E-state index in [1.54, 1.807) is 24.3 Å². The van der Waals surface area contributed by atoms with E-state index < -0.39 is 11.6 Å². The largest absolute Gasteiger partial charge is 0.489 e. The van der Waals surface area contributed by atoms with Crippen LogP contribution in [-0.2, 0) is 0 Å². The van der Waals surface area contributed by atoms with Gasteiger partial charge in [0.1, 0.15) is 25.1 Å². The number of anilines is 1. The minimum atomic E-state index is -0.696. The van der Waals surface area contributed by atoms with Crippen LogP contribution >= 0.6 is 11.6 Å². The zero-order valence-electron chi connectivity index (χ0n) is 17.1. The molecule has 2 aromatic rings. The van der Waals surface area contributed by atoms with Crippen molar-refractivity contribution in [3.05, 3.63) is 41.4 Å². The first kappa shape index (κ1) is 22.9. The highest BCUT2D eigenvalue weighted by Gasteiger charge is 2.20. The Hall–Kier alpha value is -2.42. The molecular weight excluding hydrogens is 394 g/mol. The van der Waals surface area contributed by atoms with Crippen LogP contribution in [0.15, 0.2) is 41.5 Å². The molecule has 0 saturated heterocycles. The molecule has 1 heterocycles. The first-order valence-electron chi connectivity index (χ1n) is 9.29. The molecule has 0 amide bonds. The van der Waals surface area contributed by atoms with Crippen LogP contribution in [0.5, 0.6) is 11.6 Å². The van der Waals surface area contributed by atoms with E-state index >= 15 is 0 Å². The maximum atomic E-state index is 10.2. The number of hydrogen-bond acceptors (Lipinski definition) is 8. The third kappa shape index (κ3) is 8.64. The molecule has 2 rings (SSSR count). The van der Waals surface area contributed by atoms with Crippen molar-refractivity contribution in [3.8, 4) is 11.6 Å². The van der Waals surface area contributed by atoms with Gasteiger partial charge in [-0.25, -0.2) is 0 Å². The maximum absolute atomic E-state index is 10.2. The minimum absolute atomic E-state index is 0.132. The molecule has 9 heteroatoms. The topological polar surface area (TPSA) is 101 Å². The van der Waals surface area contributed by atoms with E-state index in [1.807, 2.05) is 39.8 Å². The van der Waals surface area contributed by atoms with Crippen LogP contribution in [0.2, 0.25) is 5.02 Å². The molecule has 0 aliphatic heterocycles. The number of para-hydroxylation sites is 1. The fraction of sp³-hybridized carbons (Fsp3) is 0.450. The Balaban J connectivity index is 1.73. The molecular formula is C20H28ClN5O3. The van der Waals surface area contributed by atoms with Gasteiger partial charge < -0.3 is 19.9 Å². The molecule has 1 aromatic heterocycles. The van der Waals surface area contributed by atoms with Crippen molar-refractivity contribution in [2.75, 3.05) is 25.2 Å². The van der Waals surface area contributed by atoms with E-state index in [4.69, 9.17) is 21.1 Å². The molecule has 1 aromatic carbocycles. The van der Waals surface area contributed by atoms with Crippen molar-refractivity contribution in [2.45, 2.75) is 39.3 Å².